The van der Waals surface area contributed by atoms with Gasteiger partial charge in [0.2, 0.25) is 0 Å². The Bertz CT molecular complexity index is 303. The molecule has 1 saturated carbocycles. The summed E-state index contributed by atoms with van der Waals surface area (Å²) in [6, 6.07) is 2.52. The molecule has 0 aromatic heterocycles. The van der Waals surface area contributed by atoms with Crippen LogP contribution in [0.3, 0.4) is 0 Å². The molecule has 1 aliphatic carbocycles. The average Bonchev–Trinajstić information content (AvgIpc) is 2.87. The van der Waals surface area contributed by atoms with E-state index >= 15 is 0 Å². The maximum absolute atomic E-state index is 9.35. The Hall–Kier alpha value is -0.630. The van der Waals surface area contributed by atoms with Gasteiger partial charge in [0.25, 0.3) is 0 Å². The highest BCUT2D eigenvalue weighted by molar-refractivity contribution is 5.03. The normalized spacial score (nSPS) is 25.1. The summed E-state index contributed by atoms with van der Waals surface area (Å²) in [6.45, 7) is 8.37. The Labute approximate surface area is 129 Å². The Morgan fingerprint density at radius 2 is 1.67 bits per heavy atom. The van der Waals surface area contributed by atoms with E-state index in [2.05, 4.69) is 19.9 Å². The van der Waals surface area contributed by atoms with Crippen LogP contribution in [-0.2, 0) is 14.2 Å². The second kappa shape index (κ2) is 11.0. The van der Waals surface area contributed by atoms with E-state index in [0.717, 1.165) is 38.7 Å². The molecule has 0 aliphatic heterocycles. The zero-order chi connectivity index (χ0) is 15.4. The fraction of sp³-hybridized carbons (Fsp3) is 0.941. The van der Waals surface area contributed by atoms with Crippen molar-refractivity contribution in [1.29, 1.82) is 5.26 Å². The van der Waals surface area contributed by atoms with Crippen LogP contribution in [0.2, 0.25) is 0 Å². The molecule has 0 saturated heterocycles. The number of rotatable bonds is 12. The van der Waals surface area contributed by atoms with Crippen molar-refractivity contribution in [1.82, 2.24) is 0 Å². The molecule has 4 heteroatoms. The molecule has 0 bridgehead atoms. The lowest BCUT2D eigenvalue weighted by atomic mass is 9.84. The quantitative estimate of drug-likeness (QED) is 0.517. The first-order valence-corrected chi connectivity index (χ1v) is 8.37. The highest BCUT2D eigenvalue weighted by atomic mass is 16.5. The van der Waals surface area contributed by atoms with Crippen LogP contribution in [0.1, 0.15) is 52.4 Å². The maximum atomic E-state index is 9.35. The fourth-order valence-corrected chi connectivity index (χ4v) is 2.83. The molecule has 0 radical (unpaired) electrons. The third kappa shape index (κ3) is 7.80. The number of ether oxygens (including phenoxy) is 3. The standard InChI is InChI=1S/C17H31NO3/c1-3-4-8-19-10-12-21-13-11-20-9-7-17(15-18)6-5-16(2)14-17/h16H,3-14H2,1-2H3. The molecule has 0 aromatic rings. The maximum Gasteiger partial charge on any atom is 0.0701 e. The molecule has 0 spiro atoms. The zero-order valence-electron chi connectivity index (χ0n) is 13.7. The van der Waals surface area contributed by atoms with Crippen LogP contribution >= 0.6 is 0 Å². The van der Waals surface area contributed by atoms with Crippen molar-refractivity contribution in [2.24, 2.45) is 11.3 Å². The van der Waals surface area contributed by atoms with Gasteiger partial charge in [-0.1, -0.05) is 20.3 Å². The molecule has 4 nitrogen and oxygen atoms in total. The van der Waals surface area contributed by atoms with Crippen LogP contribution in [0.25, 0.3) is 0 Å². The summed E-state index contributed by atoms with van der Waals surface area (Å²) in [6.07, 6.45) is 6.36. The topological polar surface area (TPSA) is 51.5 Å². The summed E-state index contributed by atoms with van der Waals surface area (Å²) in [5.41, 5.74) is -0.132. The molecule has 2 atom stereocenters. The number of hydrogen-bond donors (Lipinski definition) is 0. The van der Waals surface area contributed by atoms with Gasteiger partial charge in [-0.15, -0.1) is 0 Å². The van der Waals surface area contributed by atoms with E-state index in [9.17, 15) is 5.26 Å². The van der Waals surface area contributed by atoms with Crippen LogP contribution < -0.4 is 0 Å². The molecular formula is C17H31NO3. The molecule has 1 rings (SSSR count). The van der Waals surface area contributed by atoms with E-state index < -0.39 is 0 Å². The molecular weight excluding hydrogens is 266 g/mol. The lowest BCUT2D eigenvalue weighted by molar-refractivity contribution is 0.0101. The van der Waals surface area contributed by atoms with Gasteiger partial charge in [0.1, 0.15) is 0 Å². The van der Waals surface area contributed by atoms with E-state index in [1.807, 2.05) is 0 Å². The first kappa shape index (κ1) is 18.4. The van der Waals surface area contributed by atoms with Gasteiger partial charge in [-0.3, -0.25) is 0 Å². The Morgan fingerprint density at radius 3 is 2.19 bits per heavy atom. The molecule has 0 heterocycles. The number of nitrogens with zero attached hydrogens (tertiary/aromatic N) is 1. The lowest BCUT2D eigenvalue weighted by Gasteiger charge is -2.20. The highest BCUT2D eigenvalue weighted by Crippen LogP contribution is 2.43. The van der Waals surface area contributed by atoms with Crippen LogP contribution in [-0.4, -0.2) is 39.6 Å². The smallest absolute Gasteiger partial charge is 0.0701 e. The molecule has 0 N–H and O–H groups in total. The van der Waals surface area contributed by atoms with Gasteiger partial charge in [-0.05, 0) is 38.0 Å². The van der Waals surface area contributed by atoms with Crippen molar-refractivity contribution in [3.63, 3.8) is 0 Å². The van der Waals surface area contributed by atoms with Crippen molar-refractivity contribution in [2.75, 3.05) is 39.6 Å². The lowest BCUT2D eigenvalue weighted by Crippen LogP contribution is -2.18. The van der Waals surface area contributed by atoms with Crippen LogP contribution in [0.15, 0.2) is 0 Å². The summed E-state index contributed by atoms with van der Waals surface area (Å²) in [4.78, 5) is 0. The molecule has 0 amide bonds. The predicted octanol–water partition coefficient (Wildman–Crippen LogP) is 3.56. The summed E-state index contributed by atoms with van der Waals surface area (Å²) in [5, 5.41) is 9.35. The Balaban J connectivity index is 1.90. The van der Waals surface area contributed by atoms with Crippen molar-refractivity contribution < 1.29 is 14.2 Å². The minimum atomic E-state index is -0.132. The van der Waals surface area contributed by atoms with E-state index in [1.54, 1.807) is 0 Å². The molecule has 122 valence electrons. The van der Waals surface area contributed by atoms with Crippen molar-refractivity contribution >= 4 is 0 Å². The summed E-state index contributed by atoms with van der Waals surface area (Å²) < 4.78 is 16.4. The third-order valence-corrected chi connectivity index (χ3v) is 4.20. The summed E-state index contributed by atoms with van der Waals surface area (Å²) in [5.74, 6) is 0.681. The monoisotopic (exact) mass is 297 g/mol. The summed E-state index contributed by atoms with van der Waals surface area (Å²) in [7, 11) is 0. The fourth-order valence-electron chi connectivity index (χ4n) is 2.83. The molecule has 2 unspecified atom stereocenters. The van der Waals surface area contributed by atoms with Gasteiger partial charge in [0, 0.05) is 13.2 Å². The van der Waals surface area contributed by atoms with Gasteiger partial charge in [0.15, 0.2) is 0 Å². The Kier molecular flexibility index (Phi) is 9.65. The van der Waals surface area contributed by atoms with Gasteiger partial charge >= 0.3 is 0 Å². The van der Waals surface area contributed by atoms with E-state index in [1.165, 1.54) is 6.42 Å². The van der Waals surface area contributed by atoms with Crippen LogP contribution in [0.5, 0.6) is 0 Å². The van der Waals surface area contributed by atoms with Crippen LogP contribution in [0.4, 0.5) is 0 Å². The minimum Gasteiger partial charge on any atom is -0.379 e. The average molecular weight is 297 g/mol. The first-order valence-electron chi connectivity index (χ1n) is 8.37. The number of hydrogen-bond acceptors (Lipinski definition) is 4. The summed E-state index contributed by atoms with van der Waals surface area (Å²) >= 11 is 0. The largest absolute Gasteiger partial charge is 0.379 e. The minimum absolute atomic E-state index is 0.132. The molecule has 1 aliphatic rings. The van der Waals surface area contributed by atoms with Crippen LogP contribution in [0, 0.1) is 22.7 Å². The SMILES string of the molecule is CCCCOCCOCCOCCC1(C#N)CCC(C)C1. The van der Waals surface area contributed by atoms with Crippen molar-refractivity contribution in [3.05, 3.63) is 0 Å². The molecule has 0 aromatic carbocycles. The third-order valence-electron chi connectivity index (χ3n) is 4.20. The number of unbranched alkanes of at least 4 members (excludes halogenated alkanes) is 1. The highest BCUT2D eigenvalue weighted by Gasteiger charge is 2.37. The number of nitriles is 1. The molecule has 21 heavy (non-hydrogen) atoms. The second-order valence-corrected chi connectivity index (χ2v) is 6.18. The Morgan fingerprint density at radius 1 is 1.05 bits per heavy atom. The van der Waals surface area contributed by atoms with E-state index in [0.29, 0.717) is 39.0 Å². The van der Waals surface area contributed by atoms with Crippen molar-refractivity contribution in [3.8, 4) is 6.07 Å². The second-order valence-electron chi connectivity index (χ2n) is 6.18. The van der Waals surface area contributed by atoms with Gasteiger partial charge in [-0.25, -0.2) is 0 Å². The molecule has 1 fully saturated rings. The zero-order valence-corrected chi connectivity index (χ0v) is 13.7. The van der Waals surface area contributed by atoms with Crippen molar-refractivity contribution in [2.45, 2.75) is 52.4 Å². The van der Waals surface area contributed by atoms with Gasteiger partial charge in [-0.2, -0.15) is 5.26 Å². The first-order chi connectivity index (χ1) is 10.2. The van der Waals surface area contributed by atoms with E-state index in [4.69, 9.17) is 14.2 Å². The van der Waals surface area contributed by atoms with Gasteiger partial charge in [0.05, 0.1) is 37.9 Å². The predicted molar refractivity (Wildman–Crippen MR) is 83.0 cm³/mol. The van der Waals surface area contributed by atoms with Gasteiger partial charge < -0.3 is 14.2 Å². The van der Waals surface area contributed by atoms with E-state index in [-0.39, 0.29) is 5.41 Å².